The van der Waals surface area contributed by atoms with Gasteiger partial charge in [-0.15, -0.1) is 0 Å². The zero-order valence-electron chi connectivity index (χ0n) is 44.0. The topological polar surface area (TPSA) is 19.6 Å². The lowest BCUT2D eigenvalue weighted by molar-refractivity contribution is 0.590. The average molecular weight is 960 g/mol. The lowest BCUT2D eigenvalue weighted by Gasteiger charge is -2.29. The van der Waals surface area contributed by atoms with Crippen LogP contribution in [0, 0.1) is 0 Å². The van der Waals surface area contributed by atoms with Gasteiger partial charge in [0.15, 0.2) is 5.58 Å². The predicted molar refractivity (Wildman–Crippen MR) is 313 cm³/mol. The van der Waals surface area contributed by atoms with Crippen LogP contribution < -0.4 is 20.2 Å². The second kappa shape index (κ2) is 16.7. The van der Waals surface area contributed by atoms with E-state index in [-0.39, 0.29) is 16.2 Å². The molecule has 5 heteroatoms. The standard InChI is InChI=1S/C66H67N2OSi2/c1-64(2,3)42-22-26-44(27-23-42)67(45-32-37-50(38-33-45)71(11,12)13)48-34-39-55-58(40-48)69-63-57(68(47-30-35-49(36-31-47)70(9)10)46-28-24-43(25-29-46)65(4,5)6)41-56-61(60(55)63)59-53-20-16-14-18-51(53)52-19-15-17-21-54(52)62(59)66(56,7)8/h14-41H,1-13H3. The van der Waals surface area contributed by atoms with Crippen LogP contribution in [-0.2, 0) is 16.2 Å². The molecule has 0 saturated carbocycles. The van der Waals surface area contributed by atoms with Gasteiger partial charge in [0.2, 0.25) is 0 Å². The van der Waals surface area contributed by atoms with Crippen LogP contribution in [0.15, 0.2) is 174 Å². The van der Waals surface area contributed by atoms with E-state index in [1.165, 1.54) is 65.3 Å². The van der Waals surface area contributed by atoms with Gasteiger partial charge in [0, 0.05) is 50.7 Å². The van der Waals surface area contributed by atoms with E-state index in [0.717, 1.165) is 56.1 Å². The largest absolute Gasteiger partial charge is 0.454 e. The number of benzene rings is 9. The summed E-state index contributed by atoms with van der Waals surface area (Å²) in [4.78, 5) is 4.86. The van der Waals surface area contributed by atoms with Gasteiger partial charge in [-0.25, -0.2) is 0 Å². The molecule has 11 rings (SSSR count). The fourth-order valence-corrected chi connectivity index (χ4v) is 13.3. The van der Waals surface area contributed by atoms with Crippen molar-refractivity contribution in [3.8, 4) is 11.1 Å². The molecular weight excluding hydrogens is 893 g/mol. The van der Waals surface area contributed by atoms with E-state index in [1.807, 2.05) is 0 Å². The summed E-state index contributed by atoms with van der Waals surface area (Å²) in [6.07, 6.45) is 0. The maximum atomic E-state index is 7.59. The van der Waals surface area contributed by atoms with Gasteiger partial charge >= 0.3 is 0 Å². The lowest BCUT2D eigenvalue weighted by atomic mass is 9.79. The van der Waals surface area contributed by atoms with E-state index in [2.05, 4.69) is 268 Å². The Balaban J connectivity index is 1.23. The highest BCUT2D eigenvalue weighted by Crippen LogP contribution is 2.60. The number of nitrogens with zero attached hydrogens (tertiary/aromatic N) is 2. The van der Waals surface area contributed by atoms with Crippen molar-refractivity contribution in [1.82, 2.24) is 0 Å². The molecule has 0 bridgehead atoms. The zero-order chi connectivity index (χ0) is 49.9. The molecule has 0 fully saturated rings. The maximum absolute atomic E-state index is 7.59. The summed E-state index contributed by atoms with van der Waals surface area (Å²) in [5, 5.41) is 10.3. The summed E-state index contributed by atoms with van der Waals surface area (Å²) in [6, 6.07) is 64.5. The predicted octanol–water partition coefficient (Wildman–Crippen LogP) is 18.2. The second-order valence-corrected chi connectivity index (χ2v) is 31.5. The van der Waals surface area contributed by atoms with Crippen molar-refractivity contribution in [3.05, 3.63) is 192 Å². The molecule has 3 nitrogen and oxygen atoms in total. The molecule has 0 atom stereocenters. The van der Waals surface area contributed by atoms with E-state index in [0.29, 0.717) is 0 Å². The molecule has 1 aromatic heterocycles. The van der Waals surface area contributed by atoms with E-state index in [4.69, 9.17) is 4.42 Å². The highest BCUT2D eigenvalue weighted by atomic mass is 28.3. The molecule has 10 aromatic rings. The van der Waals surface area contributed by atoms with Gasteiger partial charge in [0.1, 0.15) is 5.58 Å². The molecule has 9 aromatic carbocycles. The smallest absolute Gasteiger partial charge is 0.160 e. The van der Waals surface area contributed by atoms with Gasteiger partial charge < -0.3 is 14.2 Å². The molecule has 1 aliphatic rings. The first-order valence-corrected chi connectivity index (χ1v) is 31.5. The van der Waals surface area contributed by atoms with Crippen LogP contribution in [-0.4, -0.2) is 16.9 Å². The molecule has 1 aliphatic carbocycles. The summed E-state index contributed by atoms with van der Waals surface area (Å²) in [5.74, 6) is 0. The highest BCUT2D eigenvalue weighted by molar-refractivity contribution is 6.88. The SMILES string of the molecule is C[Si](C)c1ccc(N(c2ccc(C(C)(C)C)cc2)c2cc3c(c4c2oc2cc(N(c5ccc(C(C)(C)C)cc5)c5ccc([Si](C)(C)C)cc5)ccc24)-c2c(c4ccccc4c4ccccc24)C3(C)C)cc1. The Kier molecular flexibility index (Phi) is 11.0. The number of hydrogen-bond donors (Lipinski definition) is 0. The average Bonchev–Trinajstić information content (AvgIpc) is 3.83. The zero-order valence-corrected chi connectivity index (χ0v) is 46.0. The Morgan fingerprint density at radius 2 is 0.944 bits per heavy atom. The van der Waals surface area contributed by atoms with Crippen LogP contribution in [0.4, 0.5) is 34.1 Å². The molecule has 0 aliphatic heterocycles. The van der Waals surface area contributed by atoms with E-state index in [9.17, 15) is 0 Å². The third kappa shape index (κ3) is 7.84. The third-order valence-electron chi connectivity index (χ3n) is 15.4. The second-order valence-electron chi connectivity index (χ2n) is 23.9. The Morgan fingerprint density at radius 1 is 0.479 bits per heavy atom. The van der Waals surface area contributed by atoms with Gasteiger partial charge in [0.05, 0.1) is 22.6 Å². The van der Waals surface area contributed by atoms with Gasteiger partial charge in [0.25, 0.3) is 0 Å². The molecule has 0 saturated heterocycles. The lowest BCUT2D eigenvalue weighted by Crippen LogP contribution is -2.37. The molecule has 0 N–H and O–H groups in total. The molecule has 1 heterocycles. The molecule has 355 valence electrons. The monoisotopic (exact) mass is 959 g/mol. The summed E-state index contributed by atoms with van der Waals surface area (Å²) < 4.78 is 7.59. The molecule has 0 unspecified atom stereocenters. The third-order valence-corrected chi connectivity index (χ3v) is 18.9. The molecule has 0 spiro atoms. The highest BCUT2D eigenvalue weighted by Gasteiger charge is 2.42. The molecule has 1 radical (unpaired) electrons. The number of hydrogen-bond acceptors (Lipinski definition) is 3. The number of rotatable bonds is 8. The Hall–Kier alpha value is -6.67. The summed E-state index contributed by atoms with van der Waals surface area (Å²) >= 11 is 0. The fourth-order valence-electron chi connectivity index (χ4n) is 11.3. The van der Waals surface area contributed by atoms with Gasteiger partial charge in [-0.05, 0) is 132 Å². The summed E-state index contributed by atoms with van der Waals surface area (Å²) in [6.45, 7) is 30.6. The van der Waals surface area contributed by atoms with Crippen molar-refractivity contribution < 1.29 is 4.42 Å². The van der Waals surface area contributed by atoms with Crippen LogP contribution in [0.1, 0.15) is 77.6 Å². The van der Waals surface area contributed by atoms with Crippen LogP contribution in [0.2, 0.25) is 32.7 Å². The first kappa shape index (κ1) is 46.7. The first-order chi connectivity index (χ1) is 33.7. The van der Waals surface area contributed by atoms with Crippen LogP contribution >= 0.6 is 0 Å². The number of anilines is 6. The summed E-state index contributed by atoms with van der Waals surface area (Å²) in [5.41, 5.74) is 15.9. The maximum Gasteiger partial charge on any atom is 0.160 e. The van der Waals surface area contributed by atoms with E-state index >= 15 is 0 Å². The van der Waals surface area contributed by atoms with Crippen molar-refractivity contribution in [1.29, 1.82) is 0 Å². The van der Waals surface area contributed by atoms with Crippen molar-refractivity contribution >= 4 is 105 Å². The minimum absolute atomic E-state index is 0.0170. The van der Waals surface area contributed by atoms with Crippen molar-refractivity contribution in [2.45, 2.75) is 104 Å². The Morgan fingerprint density at radius 3 is 1.46 bits per heavy atom. The van der Waals surface area contributed by atoms with Crippen LogP contribution in [0.5, 0.6) is 0 Å². The Labute approximate surface area is 424 Å². The molecule has 0 amide bonds. The van der Waals surface area contributed by atoms with Crippen molar-refractivity contribution in [2.24, 2.45) is 0 Å². The Bertz CT molecular complexity index is 3620. The van der Waals surface area contributed by atoms with Gasteiger partial charge in [-0.3, -0.25) is 0 Å². The summed E-state index contributed by atoms with van der Waals surface area (Å²) in [7, 11) is -2.18. The molecule has 71 heavy (non-hydrogen) atoms. The minimum atomic E-state index is -1.53. The van der Waals surface area contributed by atoms with Crippen molar-refractivity contribution in [3.63, 3.8) is 0 Å². The fraction of sp³-hybridized carbons (Fsp3) is 0.242. The normalized spacial score (nSPS) is 13.7. The number of furan rings is 1. The van der Waals surface area contributed by atoms with Crippen molar-refractivity contribution in [2.75, 3.05) is 9.80 Å². The first-order valence-electron chi connectivity index (χ1n) is 25.5. The molecular formula is C66H67N2OSi2. The van der Waals surface area contributed by atoms with Crippen LogP contribution in [0.3, 0.4) is 0 Å². The van der Waals surface area contributed by atoms with E-state index in [1.54, 1.807) is 0 Å². The van der Waals surface area contributed by atoms with Gasteiger partial charge in [-0.2, -0.15) is 0 Å². The number of fused-ring (bicyclic) bond motifs is 12. The minimum Gasteiger partial charge on any atom is -0.454 e. The van der Waals surface area contributed by atoms with Crippen LogP contribution in [0.25, 0.3) is 54.6 Å². The van der Waals surface area contributed by atoms with Gasteiger partial charge in [-0.1, -0.05) is 196 Å². The van der Waals surface area contributed by atoms with E-state index < -0.39 is 16.9 Å². The quantitative estimate of drug-likeness (QED) is 0.112.